The summed E-state index contributed by atoms with van der Waals surface area (Å²) in [6, 6.07) is 3.65. The van der Waals surface area contributed by atoms with E-state index in [1.807, 2.05) is 0 Å². The Morgan fingerprint density at radius 3 is 2.48 bits per heavy atom. The summed E-state index contributed by atoms with van der Waals surface area (Å²) >= 11 is 0. The Morgan fingerprint density at radius 2 is 1.90 bits per heavy atom. The van der Waals surface area contributed by atoms with Crippen LogP contribution in [-0.4, -0.2) is 28.7 Å². The highest BCUT2D eigenvalue weighted by Crippen LogP contribution is 2.30. The zero-order valence-electron chi connectivity index (χ0n) is 11.6. The first-order valence-corrected chi connectivity index (χ1v) is 6.99. The van der Waals surface area contributed by atoms with Gasteiger partial charge in [-0.3, -0.25) is 4.79 Å². The number of phenols is 1. The van der Waals surface area contributed by atoms with Gasteiger partial charge in [-0.05, 0) is 56.3 Å². The van der Waals surface area contributed by atoms with E-state index in [1.165, 1.54) is 12.1 Å². The van der Waals surface area contributed by atoms with E-state index in [0.29, 0.717) is 25.3 Å². The van der Waals surface area contributed by atoms with Crippen LogP contribution < -0.4 is 10.5 Å². The molecule has 0 saturated heterocycles. The van der Waals surface area contributed by atoms with E-state index in [0.717, 1.165) is 18.9 Å². The lowest BCUT2D eigenvalue weighted by Crippen LogP contribution is -2.28. The summed E-state index contributed by atoms with van der Waals surface area (Å²) in [5.74, 6) is -1.65. The molecular formula is C15H19NO5. The van der Waals surface area contributed by atoms with Gasteiger partial charge in [0.15, 0.2) is 0 Å². The summed E-state index contributed by atoms with van der Waals surface area (Å²) in [6.45, 7) is 0.628. The van der Waals surface area contributed by atoms with Crippen LogP contribution in [0.4, 0.5) is 0 Å². The van der Waals surface area contributed by atoms with Gasteiger partial charge in [-0.15, -0.1) is 0 Å². The van der Waals surface area contributed by atoms with Crippen LogP contribution >= 0.6 is 0 Å². The van der Waals surface area contributed by atoms with Crippen LogP contribution in [-0.2, 0) is 4.79 Å². The van der Waals surface area contributed by atoms with Gasteiger partial charge in [0.2, 0.25) is 0 Å². The number of carbonyl (C=O) groups excluding carboxylic acids is 1. The van der Waals surface area contributed by atoms with Crippen molar-refractivity contribution in [3.8, 4) is 11.5 Å². The number of carboxylic acids is 1. The minimum absolute atomic E-state index is 0.0359. The molecule has 0 unspecified atom stereocenters. The van der Waals surface area contributed by atoms with Gasteiger partial charge in [0.1, 0.15) is 17.1 Å². The second kappa shape index (κ2) is 6.58. The van der Waals surface area contributed by atoms with Crippen molar-refractivity contribution in [2.24, 2.45) is 17.6 Å². The second-order valence-corrected chi connectivity index (χ2v) is 5.36. The van der Waals surface area contributed by atoms with E-state index in [1.54, 1.807) is 0 Å². The van der Waals surface area contributed by atoms with E-state index < -0.39 is 11.9 Å². The molecule has 0 bridgehead atoms. The molecule has 6 heteroatoms. The molecule has 0 amide bonds. The van der Waals surface area contributed by atoms with E-state index in [-0.39, 0.29) is 23.0 Å². The molecule has 1 aliphatic rings. The number of rotatable bonds is 4. The number of carboxylic acid groups (broad SMARTS) is 1. The van der Waals surface area contributed by atoms with Gasteiger partial charge < -0.3 is 20.7 Å². The topological polar surface area (TPSA) is 110 Å². The highest BCUT2D eigenvalue weighted by molar-refractivity contribution is 5.92. The van der Waals surface area contributed by atoms with E-state index >= 15 is 0 Å². The van der Waals surface area contributed by atoms with Gasteiger partial charge in [0.25, 0.3) is 0 Å². The number of esters is 1. The monoisotopic (exact) mass is 293 g/mol. The Bertz CT molecular complexity index is 535. The molecule has 0 radical (unpaired) electrons. The Kier molecular flexibility index (Phi) is 4.80. The average molecular weight is 293 g/mol. The number of benzene rings is 1. The van der Waals surface area contributed by atoms with Crippen LogP contribution in [0.1, 0.15) is 36.0 Å². The molecule has 1 aliphatic carbocycles. The first kappa shape index (κ1) is 15.3. The maximum absolute atomic E-state index is 12.1. The number of hydrogen-bond acceptors (Lipinski definition) is 5. The van der Waals surface area contributed by atoms with E-state index in [4.69, 9.17) is 15.6 Å². The standard InChI is InChI=1S/C15H19NO5/c16-8-9-1-3-10(4-2-9)15(20)21-13-6-5-11(17)7-12(13)14(18)19/h5-7,9-10,17H,1-4,8,16H2,(H,18,19). The summed E-state index contributed by atoms with van der Waals surface area (Å²) in [6.07, 6.45) is 3.19. The van der Waals surface area contributed by atoms with Crippen molar-refractivity contribution >= 4 is 11.9 Å². The van der Waals surface area contributed by atoms with Crippen LogP contribution in [0.25, 0.3) is 0 Å². The third-order valence-electron chi connectivity index (χ3n) is 3.92. The highest BCUT2D eigenvalue weighted by atomic mass is 16.5. The van der Waals surface area contributed by atoms with Crippen molar-refractivity contribution in [1.29, 1.82) is 0 Å². The summed E-state index contributed by atoms with van der Waals surface area (Å²) < 4.78 is 5.21. The minimum atomic E-state index is -1.25. The summed E-state index contributed by atoms with van der Waals surface area (Å²) in [7, 11) is 0. The molecule has 1 aromatic carbocycles. The molecule has 0 heterocycles. The molecule has 1 aromatic rings. The lowest BCUT2D eigenvalue weighted by molar-refractivity contribution is -0.140. The number of aromatic carboxylic acids is 1. The molecule has 1 saturated carbocycles. The van der Waals surface area contributed by atoms with Crippen molar-refractivity contribution in [3.05, 3.63) is 23.8 Å². The number of phenolic OH excluding ortho intramolecular Hbond substituents is 1. The summed E-state index contributed by atoms with van der Waals surface area (Å²) in [4.78, 5) is 23.2. The van der Waals surface area contributed by atoms with E-state index in [9.17, 15) is 14.7 Å². The lowest BCUT2D eigenvalue weighted by Gasteiger charge is -2.26. The lowest BCUT2D eigenvalue weighted by atomic mass is 9.82. The molecule has 4 N–H and O–H groups in total. The predicted octanol–water partition coefficient (Wildman–Crippen LogP) is 1.76. The Balaban J connectivity index is 2.05. The number of carbonyl (C=O) groups is 2. The van der Waals surface area contributed by atoms with Crippen LogP contribution in [0.3, 0.4) is 0 Å². The molecule has 0 aliphatic heterocycles. The average Bonchev–Trinajstić information content (AvgIpc) is 2.49. The first-order valence-electron chi connectivity index (χ1n) is 6.99. The fraction of sp³-hybridized carbons (Fsp3) is 0.467. The molecule has 6 nitrogen and oxygen atoms in total. The zero-order chi connectivity index (χ0) is 15.4. The van der Waals surface area contributed by atoms with Gasteiger partial charge in [-0.25, -0.2) is 4.79 Å². The molecule has 21 heavy (non-hydrogen) atoms. The number of ether oxygens (including phenoxy) is 1. The highest BCUT2D eigenvalue weighted by Gasteiger charge is 2.28. The second-order valence-electron chi connectivity index (χ2n) is 5.36. The molecular weight excluding hydrogens is 274 g/mol. The Morgan fingerprint density at radius 1 is 1.24 bits per heavy atom. The number of hydrogen-bond donors (Lipinski definition) is 3. The summed E-state index contributed by atoms with van der Waals surface area (Å²) in [5.41, 5.74) is 5.39. The van der Waals surface area contributed by atoms with Crippen LogP contribution in [0.5, 0.6) is 11.5 Å². The normalized spacial score (nSPS) is 21.8. The molecule has 0 spiro atoms. The molecule has 0 atom stereocenters. The van der Waals surface area contributed by atoms with Crippen molar-refractivity contribution in [3.63, 3.8) is 0 Å². The van der Waals surface area contributed by atoms with Crippen molar-refractivity contribution < 1.29 is 24.5 Å². The van der Waals surface area contributed by atoms with Gasteiger partial charge >= 0.3 is 11.9 Å². The fourth-order valence-electron chi connectivity index (χ4n) is 2.60. The smallest absolute Gasteiger partial charge is 0.339 e. The Hall–Kier alpha value is -2.08. The number of nitrogens with two attached hydrogens (primary N) is 1. The quantitative estimate of drug-likeness (QED) is 0.576. The van der Waals surface area contributed by atoms with Crippen molar-refractivity contribution in [2.75, 3.05) is 6.54 Å². The van der Waals surface area contributed by atoms with Gasteiger partial charge in [0.05, 0.1) is 5.92 Å². The molecule has 0 aromatic heterocycles. The molecule has 1 fully saturated rings. The van der Waals surface area contributed by atoms with Crippen LogP contribution in [0, 0.1) is 11.8 Å². The predicted molar refractivity (Wildman–Crippen MR) is 75.2 cm³/mol. The van der Waals surface area contributed by atoms with Crippen LogP contribution in [0.15, 0.2) is 18.2 Å². The van der Waals surface area contributed by atoms with Crippen molar-refractivity contribution in [1.82, 2.24) is 0 Å². The van der Waals surface area contributed by atoms with Gasteiger partial charge in [0, 0.05) is 0 Å². The van der Waals surface area contributed by atoms with Gasteiger partial charge in [-0.2, -0.15) is 0 Å². The SMILES string of the molecule is NCC1CCC(C(=O)Oc2ccc(O)cc2C(=O)O)CC1. The van der Waals surface area contributed by atoms with Crippen molar-refractivity contribution in [2.45, 2.75) is 25.7 Å². The number of aromatic hydroxyl groups is 1. The largest absolute Gasteiger partial charge is 0.508 e. The summed E-state index contributed by atoms with van der Waals surface area (Å²) in [5, 5.41) is 18.4. The molecule has 114 valence electrons. The van der Waals surface area contributed by atoms with Gasteiger partial charge in [-0.1, -0.05) is 0 Å². The van der Waals surface area contributed by atoms with E-state index in [2.05, 4.69) is 0 Å². The Labute approximate surface area is 122 Å². The minimum Gasteiger partial charge on any atom is -0.508 e. The van der Waals surface area contributed by atoms with Crippen LogP contribution in [0.2, 0.25) is 0 Å². The first-order chi connectivity index (χ1) is 10.0. The third kappa shape index (κ3) is 3.72. The molecule has 2 rings (SSSR count). The fourth-order valence-corrected chi connectivity index (χ4v) is 2.60. The zero-order valence-corrected chi connectivity index (χ0v) is 11.6. The third-order valence-corrected chi connectivity index (χ3v) is 3.92. The maximum atomic E-state index is 12.1. The maximum Gasteiger partial charge on any atom is 0.339 e.